The van der Waals surface area contributed by atoms with Crippen LogP contribution in [0.5, 0.6) is 0 Å². The number of likely N-dealkylation sites (tertiary alicyclic amines) is 2. The maximum atomic E-state index is 14.1. The van der Waals surface area contributed by atoms with Crippen LogP contribution in [-0.2, 0) is 19.1 Å². The Balaban J connectivity index is 0.00000205. The number of hydrogen-bond donors (Lipinski definition) is 3. The number of fused-ring (bicyclic) bond motifs is 3. The fraction of sp³-hybridized carbons (Fsp3) is 0.489. The Morgan fingerprint density at radius 1 is 0.806 bits per heavy atom. The number of hydrogen-bond acceptors (Lipinski definition) is 7. The zero-order chi connectivity index (χ0) is 40.0. The smallest absolute Gasteiger partial charge is 0.407 e. The van der Waals surface area contributed by atoms with Gasteiger partial charge in [-0.1, -0.05) is 77.1 Å². The second-order valence-corrected chi connectivity index (χ2v) is 17.0. The molecule has 3 amide bonds. The van der Waals surface area contributed by atoms with Gasteiger partial charge in [0.15, 0.2) is 0 Å². The van der Waals surface area contributed by atoms with Crippen molar-refractivity contribution in [2.75, 3.05) is 26.8 Å². The number of nitrogens with zero attached hydrogens (tertiary/aromatic N) is 4. The van der Waals surface area contributed by atoms with Gasteiger partial charge in [0.05, 0.1) is 54.3 Å². The van der Waals surface area contributed by atoms with Crippen molar-refractivity contribution in [2.45, 2.75) is 96.9 Å². The molecule has 1 spiro atoms. The third-order valence-electron chi connectivity index (χ3n) is 12.7. The van der Waals surface area contributed by atoms with Gasteiger partial charge in [-0.3, -0.25) is 9.59 Å². The molecule has 0 aliphatic carbocycles. The number of alkyl carbamates (subject to hydrolysis) is 1. The Labute approximate surface area is 400 Å². The van der Waals surface area contributed by atoms with E-state index in [-0.39, 0.29) is 103 Å². The highest BCUT2D eigenvalue weighted by Gasteiger charge is 2.50. The molecular formula is C45H65N7O5S5. The van der Waals surface area contributed by atoms with Crippen molar-refractivity contribution in [2.24, 2.45) is 17.8 Å². The molecule has 2 aromatic heterocycles. The predicted octanol–water partition coefficient (Wildman–Crippen LogP) is 8.89. The number of methoxy groups -OCH3 is 1. The lowest BCUT2D eigenvalue weighted by atomic mass is 9.91. The fourth-order valence-corrected chi connectivity index (χ4v) is 9.01. The maximum absolute atomic E-state index is 14.1. The van der Waals surface area contributed by atoms with Crippen LogP contribution in [0.1, 0.15) is 96.9 Å². The van der Waals surface area contributed by atoms with Crippen molar-refractivity contribution in [1.29, 1.82) is 0 Å². The van der Waals surface area contributed by atoms with Crippen molar-refractivity contribution < 1.29 is 23.9 Å². The van der Waals surface area contributed by atoms with Crippen molar-refractivity contribution in [3.63, 3.8) is 0 Å². The largest absolute Gasteiger partial charge is 0.453 e. The third kappa shape index (κ3) is 10.4. The normalized spacial score (nSPS) is 20.5. The molecule has 3 aromatic carbocycles. The molecule has 5 aromatic rings. The van der Waals surface area contributed by atoms with Crippen LogP contribution in [0.2, 0.25) is 0 Å². The van der Waals surface area contributed by atoms with Gasteiger partial charge in [-0.25, -0.2) is 14.8 Å². The van der Waals surface area contributed by atoms with Gasteiger partial charge in [0.2, 0.25) is 11.8 Å². The van der Waals surface area contributed by atoms with Gasteiger partial charge in [-0.15, -0.1) is 0 Å². The molecule has 5 heterocycles. The molecule has 12 nitrogen and oxygen atoms in total. The molecule has 3 fully saturated rings. The molecule has 3 aliphatic rings. The van der Waals surface area contributed by atoms with Crippen molar-refractivity contribution in [1.82, 2.24) is 35.1 Å². The first kappa shape index (κ1) is 52.9. The number of imidazole rings is 2. The van der Waals surface area contributed by atoms with Gasteiger partial charge in [0, 0.05) is 30.9 Å². The SMILES string of the molecule is COC(=O)N[C@H](C(=O)N1C[C@]2(CCCCO2)C[C@H]1c1ncc(-c2ccc(-c3ccc4c(ccc5[nH]c([C@@H]6CCCN6C(=O)[C@@H](C)C(C)C)nc54)c3)cc2)[nH]1)C(C)C.S.S.S.S.S. The van der Waals surface area contributed by atoms with Crippen LogP contribution < -0.4 is 5.32 Å². The van der Waals surface area contributed by atoms with E-state index in [4.69, 9.17) is 19.4 Å². The van der Waals surface area contributed by atoms with Crippen LogP contribution in [0, 0.1) is 17.8 Å². The number of nitrogens with one attached hydrogen (secondary N) is 3. The third-order valence-corrected chi connectivity index (χ3v) is 12.7. The molecule has 3 saturated heterocycles. The Morgan fingerprint density at radius 3 is 2.18 bits per heavy atom. The number of aromatic nitrogens is 4. The summed E-state index contributed by atoms with van der Waals surface area (Å²) >= 11 is 0. The highest BCUT2D eigenvalue weighted by molar-refractivity contribution is 7.60. The number of H-pyrrole nitrogens is 2. The van der Waals surface area contributed by atoms with E-state index in [1.807, 2.05) is 36.8 Å². The first-order chi connectivity index (χ1) is 27.4. The predicted molar refractivity (Wildman–Crippen MR) is 272 cm³/mol. The lowest BCUT2D eigenvalue weighted by Crippen LogP contribution is -2.52. The molecule has 3 N–H and O–H groups in total. The lowest BCUT2D eigenvalue weighted by Gasteiger charge is -2.34. The summed E-state index contributed by atoms with van der Waals surface area (Å²) < 4.78 is 11.2. The van der Waals surface area contributed by atoms with Gasteiger partial charge in [0.1, 0.15) is 17.7 Å². The molecule has 5 atom stereocenters. The van der Waals surface area contributed by atoms with E-state index in [2.05, 4.69) is 83.7 Å². The van der Waals surface area contributed by atoms with Crippen molar-refractivity contribution in [3.8, 4) is 22.4 Å². The van der Waals surface area contributed by atoms with E-state index in [0.29, 0.717) is 31.3 Å². The molecule has 0 saturated carbocycles. The van der Waals surface area contributed by atoms with E-state index in [9.17, 15) is 14.4 Å². The zero-order valence-electron chi connectivity index (χ0n) is 36.4. The lowest BCUT2D eigenvalue weighted by molar-refractivity contribution is -0.138. The standard InChI is InChI=1S/C45H55N7O5.5H2S/c1-26(2)28(5)42(53)51-20-9-10-36(51)41-47-34-18-16-32-22-31(15-17-33(32)39(34)49-41)29-11-13-30(14-12-29)35-24-46-40(48-35)37-23-45(19-7-8-21-57-45)25-52(37)43(54)38(27(3)4)50-44(55)56-6;;;;;/h11-18,22,24,26-28,36-38H,7-10,19-21,23,25H2,1-6H3,(H,46,48)(H,47,49)(H,50,55);5*1H2/t28-,36-,37-,38-,45-;;;;;/m0...../s1. The van der Waals surface area contributed by atoms with Gasteiger partial charge >= 0.3 is 6.09 Å². The van der Waals surface area contributed by atoms with E-state index < -0.39 is 17.7 Å². The number of carbonyl (C=O) groups excluding carboxylic acids is 3. The first-order valence-corrected chi connectivity index (χ1v) is 20.6. The van der Waals surface area contributed by atoms with Crippen LogP contribution in [0.4, 0.5) is 4.79 Å². The van der Waals surface area contributed by atoms with E-state index in [0.717, 1.165) is 88.7 Å². The molecule has 0 bridgehead atoms. The summed E-state index contributed by atoms with van der Waals surface area (Å²) in [5.41, 5.74) is 5.51. The first-order valence-electron chi connectivity index (χ1n) is 20.6. The minimum atomic E-state index is -0.739. The van der Waals surface area contributed by atoms with E-state index >= 15 is 0 Å². The van der Waals surface area contributed by atoms with Crippen LogP contribution >= 0.6 is 67.5 Å². The molecule has 3 aliphatic heterocycles. The number of rotatable bonds is 9. The van der Waals surface area contributed by atoms with Crippen LogP contribution in [-0.4, -0.2) is 86.1 Å². The number of carbonyl (C=O) groups is 3. The molecule has 62 heavy (non-hydrogen) atoms. The second-order valence-electron chi connectivity index (χ2n) is 17.0. The maximum Gasteiger partial charge on any atom is 0.407 e. The molecule has 0 unspecified atom stereocenters. The topological polar surface area (TPSA) is 146 Å². The zero-order valence-corrected chi connectivity index (χ0v) is 41.4. The summed E-state index contributed by atoms with van der Waals surface area (Å²) in [6.07, 6.45) is 6.67. The average Bonchev–Trinajstić information content (AvgIpc) is 4.05. The van der Waals surface area contributed by atoms with E-state index in [1.165, 1.54) is 7.11 Å². The summed E-state index contributed by atoms with van der Waals surface area (Å²) in [7, 11) is 1.30. The molecule has 17 heteroatoms. The summed E-state index contributed by atoms with van der Waals surface area (Å²) in [4.78, 5) is 60.5. The molecule has 340 valence electrons. The number of ether oxygens (including phenoxy) is 2. The minimum Gasteiger partial charge on any atom is -0.453 e. The molecule has 0 radical (unpaired) electrons. The van der Waals surface area contributed by atoms with Crippen molar-refractivity contribution in [3.05, 3.63) is 72.4 Å². The monoisotopic (exact) mass is 943 g/mol. The highest BCUT2D eigenvalue weighted by Crippen LogP contribution is 2.44. The molecule has 8 rings (SSSR count). The number of benzene rings is 3. The summed E-state index contributed by atoms with van der Waals surface area (Å²) in [6, 6.07) is 18.0. The van der Waals surface area contributed by atoms with Crippen LogP contribution in [0.15, 0.2) is 60.8 Å². The van der Waals surface area contributed by atoms with Crippen LogP contribution in [0.25, 0.3) is 44.2 Å². The summed E-state index contributed by atoms with van der Waals surface area (Å²) in [5.74, 6) is 1.74. The number of amides is 3. The molecular weight excluding hydrogens is 879 g/mol. The summed E-state index contributed by atoms with van der Waals surface area (Å²) in [5, 5.41) is 4.93. The highest BCUT2D eigenvalue weighted by atomic mass is 32.1. The Kier molecular flexibility index (Phi) is 18.7. The van der Waals surface area contributed by atoms with Crippen molar-refractivity contribution >= 4 is 107 Å². The second kappa shape index (κ2) is 21.9. The average molecular weight is 944 g/mol. The fourth-order valence-electron chi connectivity index (χ4n) is 9.01. The van der Waals surface area contributed by atoms with Gasteiger partial charge < -0.3 is 34.6 Å². The van der Waals surface area contributed by atoms with Gasteiger partial charge in [-0.05, 0) is 78.1 Å². The van der Waals surface area contributed by atoms with Gasteiger partial charge in [0.25, 0.3) is 0 Å². The Bertz CT molecular complexity index is 2300. The number of aromatic amines is 2. The van der Waals surface area contributed by atoms with E-state index in [1.54, 1.807) is 0 Å². The quantitative estimate of drug-likeness (QED) is 0.134. The minimum absolute atomic E-state index is 0. The Hall–Kier alpha value is -3.48. The Morgan fingerprint density at radius 2 is 1.52 bits per heavy atom. The van der Waals surface area contributed by atoms with Crippen LogP contribution in [0.3, 0.4) is 0 Å². The summed E-state index contributed by atoms with van der Waals surface area (Å²) in [6.45, 7) is 12.0. The van der Waals surface area contributed by atoms with Gasteiger partial charge in [-0.2, -0.15) is 67.5 Å².